The van der Waals surface area contributed by atoms with E-state index in [0.29, 0.717) is 11.3 Å². The number of carbonyl (C=O) groups excluding carboxylic acids is 1. The minimum atomic E-state index is -0.672. The molecule has 0 unspecified atom stereocenters. The fourth-order valence-electron chi connectivity index (χ4n) is 5.99. The van der Waals surface area contributed by atoms with E-state index in [9.17, 15) is 15.0 Å². The molecule has 1 aliphatic rings. The SMILES string of the molecule is COc1ccc(-c2c3ccc(OC)cc3c3c4c(ccc(-c5ccc(O)cc5)c24)[C@@H](c2ccc(O)cc2)OC3=O)cc1. The van der Waals surface area contributed by atoms with Crippen LogP contribution in [0.1, 0.15) is 27.6 Å². The molecule has 0 bridgehead atoms. The van der Waals surface area contributed by atoms with Gasteiger partial charge in [0.25, 0.3) is 0 Å². The zero-order chi connectivity index (χ0) is 29.0. The standard InChI is InChI=1S/C36H26O6/c1-40-25-13-7-21(8-14-25)31-28-16-15-26(41-2)19-30(28)34-33-29(35(42-36(34)39)22-5-11-24(38)12-6-22)18-17-27(32(31)33)20-3-9-23(37)10-4-20/h3-19,35,37-38H,1-2H3/t35-/m1/s1. The van der Waals surface area contributed by atoms with Crippen LogP contribution in [0.25, 0.3) is 43.8 Å². The monoisotopic (exact) mass is 554 g/mol. The van der Waals surface area contributed by atoms with Crippen LogP contribution < -0.4 is 9.47 Å². The molecule has 0 aliphatic carbocycles. The van der Waals surface area contributed by atoms with E-state index in [1.54, 1.807) is 50.6 Å². The van der Waals surface area contributed by atoms with Crippen LogP contribution in [0.4, 0.5) is 0 Å². The van der Waals surface area contributed by atoms with Crippen molar-refractivity contribution in [3.05, 3.63) is 120 Å². The van der Waals surface area contributed by atoms with Crippen LogP contribution in [0.15, 0.2) is 103 Å². The molecule has 0 fully saturated rings. The molecule has 6 heteroatoms. The molecule has 206 valence electrons. The van der Waals surface area contributed by atoms with E-state index >= 15 is 0 Å². The normalized spacial score (nSPS) is 14.1. The molecule has 7 rings (SSSR count). The van der Waals surface area contributed by atoms with Crippen molar-refractivity contribution in [3.63, 3.8) is 0 Å². The highest BCUT2D eigenvalue weighted by atomic mass is 16.5. The number of hydrogen-bond donors (Lipinski definition) is 2. The van der Waals surface area contributed by atoms with Gasteiger partial charge in [-0.3, -0.25) is 0 Å². The Morgan fingerprint density at radius 3 is 1.90 bits per heavy atom. The lowest BCUT2D eigenvalue weighted by molar-refractivity contribution is 0.0369. The maximum atomic E-state index is 14.0. The number of ether oxygens (including phenoxy) is 3. The lowest BCUT2D eigenvalue weighted by Gasteiger charge is -2.30. The van der Waals surface area contributed by atoms with Crippen molar-refractivity contribution in [2.75, 3.05) is 14.2 Å². The third-order valence-electron chi connectivity index (χ3n) is 7.97. The van der Waals surface area contributed by atoms with Gasteiger partial charge in [-0.25, -0.2) is 4.79 Å². The molecule has 0 spiro atoms. The molecule has 2 N–H and O–H groups in total. The van der Waals surface area contributed by atoms with Gasteiger partial charge < -0.3 is 24.4 Å². The molecule has 6 aromatic rings. The minimum Gasteiger partial charge on any atom is -0.508 e. The number of cyclic esters (lactones) is 1. The van der Waals surface area contributed by atoms with Crippen molar-refractivity contribution in [1.82, 2.24) is 0 Å². The number of phenols is 2. The van der Waals surface area contributed by atoms with Crippen LogP contribution in [0.2, 0.25) is 0 Å². The largest absolute Gasteiger partial charge is 0.508 e. The molecule has 0 radical (unpaired) electrons. The maximum absolute atomic E-state index is 14.0. The highest BCUT2D eigenvalue weighted by molar-refractivity contribution is 6.27. The van der Waals surface area contributed by atoms with Gasteiger partial charge in [0.2, 0.25) is 0 Å². The van der Waals surface area contributed by atoms with E-state index in [-0.39, 0.29) is 11.5 Å². The number of carbonyl (C=O) groups is 1. The van der Waals surface area contributed by atoms with Crippen LogP contribution in [0.3, 0.4) is 0 Å². The quantitative estimate of drug-likeness (QED) is 0.166. The summed E-state index contributed by atoms with van der Waals surface area (Å²) in [6.45, 7) is 0. The van der Waals surface area contributed by atoms with Crippen molar-refractivity contribution < 1.29 is 29.2 Å². The van der Waals surface area contributed by atoms with E-state index in [2.05, 4.69) is 0 Å². The lowest BCUT2D eigenvalue weighted by atomic mass is 9.80. The first-order valence-corrected chi connectivity index (χ1v) is 13.5. The van der Waals surface area contributed by atoms with Crippen molar-refractivity contribution in [1.29, 1.82) is 0 Å². The van der Waals surface area contributed by atoms with Gasteiger partial charge in [0.15, 0.2) is 6.10 Å². The Bertz CT molecular complexity index is 1990. The van der Waals surface area contributed by atoms with Gasteiger partial charge in [-0.05, 0) is 87.1 Å². The Hall–Kier alpha value is -5.49. The smallest absolute Gasteiger partial charge is 0.340 e. The number of aromatic hydroxyl groups is 2. The molecule has 6 aromatic carbocycles. The number of hydrogen-bond acceptors (Lipinski definition) is 6. The second-order valence-electron chi connectivity index (χ2n) is 10.3. The summed E-state index contributed by atoms with van der Waals surface area (Å²) in [5, 5.41) is 23.3. The maximum Gasteiger partial charge on any atom is 0.340 e. The van der Waals surface area contributed by atoms with Crippen LogP contribution in [-0.4, -0.2) is 30.4 Å². The molecule has 0 saturated heterocycles. The summed E-state index contributed by atoms with van der Waals surface area (Å²) in [5.74, 6) is 1.23. The van der Waals surface area contributed by atoms with Crippen LogP contribution >= 0.6 is 0 Å². The summed E-state index contributed by atoms with van der Waals surface area (Å²) in [5.41, 5.74) is 5.79. The van der Waals surface area contributed by atoms with Crippen LogP contribution in [0.5, 0.6) is 23.0 Å². The summed E-state index contributed by atoms with van der Waals surface area (Å²) in [6.07, 6.45) is -0.672. The summed E-state index contributed by atoms with van der Waals surface area (Å²) < 4.78 is 17.2. The van der Waals surface area contributed by atoms with E-state index in [1.807, 2.05) is 66.7 Å². The molecule has 0 amide bonds. The van der Waals surface area contributed by atoms with Gasteiger partial charge >= 0.3 is 5.97 Å². The number of methoxy groups -OCH3 is 2. The third kappa shape index (κ3) is 3.99. The van der Waals surface area contributed by atoms with E-state index in [4.69, 9.17) is 14.2 Å². The fraction of sp³-hybridized carbons (Fsp3) is 0.0833. The zero-order valence-corrected chi connectivity index (χ0v) is 22.9. The van der Waals surface area contributed by atoms with E-state index < -0.39 is 12.1 Å². The summed E-state index contributed by atoms with van der Waals surface area (Å²) >= 11 is 0. The molecule has 0 saturated carbocycles. The second kappa shape index (κ2) is 9.85. The second-order valence-corrected chi connectivity index (χ2v) is 10.3. The molecule has 42 heavy (non-hydrogen) atoms. The molecule has 1 heterocycles. The molecule has 0 aromatic heterocycles. The van der Waals surface area contributed by atoms with Crippen LogP contribution in [0, 0.1) is 0 Å². The predicted octanol–water partition coefficient (Wildman–Crippen LogP) is 8.02. The lowest BCUT2D eigenvalue weighted by Crippen LogP contribution is -2.20. The Labute approximate surface area is 242 Å². The van der Waals surface area contributed by atoms with Crippen molar-refractivity contribution in [3.8, 4) is 45.3 Å². The first kappa shape index (κ1) is 25.5. The average molecular weight is 555 g/mol. The Morgan fingerprint density at radius 1 is 0.619 bits per heavy atom. The van der Waals surface area contributed by atoms with Gasteiger partial charge in [-0.2, -0.15) is 0 Å². The van der Waals surface area contributed by atoms with Gasteiger partial charge in [0.05, 0.1) is 19.8 Å². The van der Waals surface area contributed by atoms with Crippen molar-refractivity contribution in [2.45, 2.75) is 6.10 Å². The number of phenolic OH excluding ortho intramolecular Hbond substituents is 2. The first-order valence-electron chi connectivity index (χ1n) is 13.5. The zero-order valence-electron chi connectivity index (χ0n) is 22.9. The minimum absolute atomic E-state index is 0.133. The predicted molar refractivity (Wildman–Crippen MR) is 162 cm³/mol. The van der Waals surface area contributed by atoms with E-state index in [1.165, 1.54) is 0 Å². The molecule has 1 aliphatic heterocycles. The Morgan fingerprint density at radius 2 is 1.24 bits per heavy atom. The van der Waals surface area contributed by atoms with Gasteiger partial charge in [0, 0.05) is 16.3 Å². The number of rotatable bonds is 5. The number of fused-ring (bicyclic) bond motifs is 2. The Kier molecular flexibility index (Phi) is 5.98. The fourth-order valence-corrected chi connectivity index (χ4v) is 5.99. The first-order chi connectivity index (χ1) is 20.5. The highest BCUT2D eigenvalue weighted by Crippen LogP contribution is 2.50. The highest BCUT2D eigenvalue weighted by Gasteiger charge is 2.34. The summed E-state index contributed by atoms with van der Waals surface area (Å²) in [6, 6.07) is 31.5. The third-order valence-corrected chi connectivity index (χ3v) is 7.97. The van der Waals surface area contributed by atoms with Gasteiger partial charge in [-0.15, -0.1) is 0 Å². The number of benzene rings is 6. The van der Waals surface area contributed by atoms with Crippen molar-refractivity contribution >= 4 is 27.5 Å². The van der Waals surface area contributed by atoms with E-state index in [0.717, 1.165) is 60.7 Å². The van der Waals surface area contributed by atoms with Crippen LogP contribution in [-0.2, 0) is 4.74 Å². The van der Waals surface area contributed by atoms with Gasteiger partial charge in [0.1, 0.15) is 23.0 Å². The average Bonchev–Trinajstić information content (AvgIpc) is 3.02. The van der Waals surface area contributed by atoms with Crippen molar-refractivity contribution in [2.24, 2.45) is 0 Å². The molecular weight excluding hydrogens is 528 g/mol. The topological polar surface area (TPSA) is 85.2 Å². The summed E-state index contributed by atoms with van der Waals surface area (Å²) in [7, 11) is 3.24. The number of esters is 1. The summed E-state index contributed by atoms with van der Waals surface area (Å²) in [4.78, 5) is 14.0. The molecular formula is C36H26O6. The molecule has 1 atom stereocenters. The Balaban J connectivity index is 1.68. The van der Waals surface area contributed by atoms with Gasteiger partial charge in [-0.1, -0.05) is 54.6 Å². The molecule has 6 nitrogen and oxygen atoms in total.